The standard InChI is InChI=1S/C25H28N4O4.C14H25N3O4/c1-14-7-9-16(10-8-14)11-20-23(31)27-21(24(32)29-22(15(2)30)25(33)28-20)12-17-13-26-19-6-4-3-5-18(17)19;1-5-8(4)11-14(21)16-10(7(2)3)13(20)15-9(6-18)12(19)17-11/h3-10,13,15,20-22,26,30H,11-12H2,1-2H3,(H,27,31)(H,28,33)(H,29,32);7-11,18H,5-6H2,1-4H3,(H,15,20)(H,16,21)(H,17,19)/t15?,20?,21-,22?;8?,9?,10-,11?/m00/s1. The summed E-state index contributed by atoms with van der Waals surface area (Å²) in [7, 11) is 0. The molecule has 54 heavy (non-hydrogen) atoms. The van der Waals surface area contributed by atoms with Crippen LogP contribution in [0, 0.1) is 18.8 Å². The van der Waals surface area contributed by atoms with Gasteiger partial charge in [-0.3, -0.25) is 28.8 Å². The lowest BCUT2D eigenvalue weighted by Crippen LogP contribution is -2.55. The van der Waals surface area contributed by atoms with Crippen LogP contribution in [-0.2, 0) is 41.6 Å². The van der Waals surface area contributed by atoms with Crippen molar-refractivity contribution in [3.05, 3.63) is 71.4 Å². The number of aryl methyl sites for hydroxylation is 1. The van der Waals surface area contributed by atoms with E-state index in [1.54, 1.807) is 0 Å². The zero-order valence-corrected chi connectivity index (χ0v) is 31.6. The van der Waals surface area contributed by atoms with Crippen LogP contribution in [0.5, 0.6) is 0 Å². The Morgan fingerprint density at radius 2 is 1.15 bits per heavy atom. The Kier molecular flexibility index (Phi) is 14.3. The molecular weight excluding hydrogens is 694 g/mol. The predicted octanol–water partition coefficient (Wildman–Crippen LogP) is 0.259. The van der Waals surface area contributed by atoms with Crippen LogP contribution in [0.25, 0.3) is 10.9 Å². The van der Waals surface area contributed by atoms with Crippen LogP contribution < -0.4 is 31.9 Å². The first-order valence-corrected chi connectivity index (χ1v) is 18.3. The van der Waals surface area contributed by atoms with Crippen LogP contribution in [0.4, 0.5) is 0 Å². The number of aliphatic hydroxyl groups is 2. The lowest BCUT2D eigenvalue weighted by atomic mass is 9.97. The zero-order valence-electron chi connectivity index (χ0n) is 31.6. The summed E-state index contributed by atoms with van der Waals surface area (Å²) in [6, 6.07) is 9.92. The van der Waals surface area contributed by atoms with E-state index in [0.717, 1.165) is 27.6 Å². The topological polar surface area (TPSA) is 231 Å². The molecule has 8 atom stereocenters. The second-order valence-electron chi connectivity index (χ2n) is 14.4. The van der Waals surface area contributed by atoms with E-state index in [9.17, 15) is 39.0 Å². The quantitative estimate of drug-likeness (QED) is 0.147. The highest BCUT2D eigenvalue weighted by molar-refractivity contribution is 5.99. The molecule has 1 aromatic heterocycles. The fourth-order valence-electron chi connectivity index (χ4n) is 6.28. The van der Waals surface area contributed by atoms with Crippen molar-refractivity contribution in [3.63, 3.8) is 0 Å². The number of carbonyl (C=O) groups excluding carboxylic acids is 6. The van der Waals surface area contributed by atoms with Crippen molar-refractivity contribution in [1.29, 1.82) is 0 Å². The van der Waals surface area contributed by atoms with Crippen molar-refractivity contribution in [1.82, 2.24) is 36.9 Å². The molecule has 9 N–H and O–H groups in total. The van der Waals surface area contributed by atoms with E-state index in [2.05, 4.69) is 36.9 Å². The highest BCUT2D eigenvalue weighted by Crippen LogP contribution is 2.20. The minimum Gasteiger partial charge on any atom is -0.394 e. The number of para-hydroxylation sites is 1. The number of H-pyrrole nitrogens is 1. The smallest absolute Gasteiger partial charge is 0.245 e. The molecule has 3 aromatic rings. The number of aliphatic hydroxyl groups excluding tert-OH is 2. The van der Waals surface area contributed by atoms with Gasteiger partial charge in [-0.2, -0.15) is 0 Å². The fourth-order valence-corrected chi connectivity index (χ4v) is 6.28. The van der Waals surface area contributed by atoms with Gasteiger partial charge in [-0.1, -0.05) is 82.1 Å². The van der Waals surface area contributed by atoms with Gasteiger partial charge in [0.2, 0.25) is 35.4 Å². The molecule has 2 fully saturated rings. The number of amides is 6. The number of carbonyl (C=O) groups is 6. The minimum absolute atomic E-state index is 0.0747. The Bertz CT molecular complexity index is 1810. The second-order valence-corrected chi connectivity index (χ2v) is 14.4. The van der Waals surface area contributed by atoms with E-state index in [0.29, 0.717) is 6.42 Å². The van der Waals surface area contributed by atoms with Crippen molar-refractivity contribution in [2.45, 2.75) is 103 Å². The zero-order chi connectivity index (χ0) is 39.7. The lowest BCUT2D eigenvalue weighted by molar-refractivity contribution is -0.132. The molecule has 0 spiro atoms. The summed E-state index contributed by atoms with van der Waals surface area (Å²) in [5.41, 5.74) is 3.76. The van der Waals surface area contributed by atoms with Crippen molar-refractivity contribution in [2.75, 3.05) is 6.61 Å². The number of fused-ring (bicyclic) bond motifs is 1. The third-order valence-electron chi connectivity index (χ3n) is 9.84. The summed E-state index contributed by atoms with van der Waals surface area (Å²) in [6.45, 7) is 10.3. The summed E-state index contributed by atoms with van der Waals surface area (Å²) in [4.78, 5) is 78.8. The second kappa shape index (κ2) is 18.7. The van der Waals surface area contributed by atoms with Gasteiger partial charge in [0.1, 0.15) is 36.3 Å². The fraction of sp³-hybridized carbons (Fsp3) is 0.487. The van der Waals surface area contributed by atoms with E-state index in [-0.39, 0.29) is 30.6 Å². The molecule has 6 amide bonds. The van der Waals surface area contributed by atoms with E-state index >= 15 is 0 Å². The van der Waals surface area contributed by atoms with E-state index in [4.69, 9.17) is 0 Å². The van der Waals surface area contributed by atoms with Crippen LogP contribution in [0.3, 0.4) is 0 Å². The largest absolute Gasteiger partial charge is 0.394 e. The molecule has 0 aliphatic carbocycles. The summed E-state index contributed by atoms with van der Waals surface area (Å²) >= 11 is 0. The number of aromatic amines is 1. The number of benzene rings is 2. The molecule has 5 rings (SSSR count). The monoisotopic (exact) mass is 747 g/mol. The molecule has 2 aliphatic heterocycles. The van der Waals surface area contributed by atoms with Crippen molar-refractivity contribution in [3.8, 4) is 0 Å². The summed E-state index contributed by atoms with van der Waals surface area (Å²) in [6.07, 6.45) is 1.89. The van der Waals surface area contributed by atoms with Gasteiger partial charge in [0.15, 0.2) is 0 Å². The minimum atomic E-state index is -1.17. The average Bonchev–Trinajstić information content (AvgIpc) is 3.57. The predicted molar refractivity (Wildman–Crippen MR) is 202 cm³/mol. The first-order chi connectivity index (χ1) is 25.6. The number of hydrogen-bond acceptors (Lipinski definition) is 8. The Morgan fingerprint density at radius 1 is 0.630 bits per heavy atom. The molecule has 292 valence electrons. The Labute approximate surface area is 314 Å². The van der Waals surface area contributed by atoms with Gasteiger partial charge >= 0.3 is 0 Å². The van der Waals surface area contributed by atoms with Gasteiger partial charge in [0.25, 0.3) is 0 Å². The molecule has 0 radical (unpaired) electrons. The Balaban J connectivity index is 0.000000268. The van der Waals surface area contributed by atoms with Gasteiger partial charge < -0.3 is 47.1 Å². The third-order valence-corrected chi connectivity index (χ3v) is 9.84. The van der Waals surface area contributed by atoms with Crippen LogP contribution in [0.1, 0.15) is 57.7 Å². The van der Waals surface area contributed by atoms with Crippen LogP contribution in [0.2, 0.25) is 0 Å². The highest BCUT2D eigenvalue weighted by atomic mass is 16.3. The molecule has 3 heterocycles. The lowest BCUT2D eigenvalue weighted by Gasteiger charge is -2.25. The maximum absolute atomic E-state index is 13.2. The van der Waals surface area contributed by atoms with Gasteiger partial charge in [0.05, 0.1) is 12.7 Å². The first-order valence-electron chi connectivity index (χ1n) is 18.3. The molecular formula is C39H53N7O8. The highest BCUT2D eigenvalue weighted by Gasteiger charge is 2.37. The maximum atomic E-state index is 13.2. The Hall–Kier alpha value is -5.28. The molecule has 15 nitrogen and oxygen atoms in total. The van der Waals surface area contributed by atoms with Crippen molar-refractivity contribution in [2.24, 2.45) is 11.8 Å². The molecule has 2 aliphatic rings. The SMILES string of the molecule is CCC(C)C1NC(=O)C(CO)NC(=O)[C@H](C(C)C)NC1=O.Cc1ccc(CC2NC(=O)C(C(C)O)NC(=O)[C@H](Cc3c[nH]c4ccccc34)NC2=O)cc1. The van der Waals surface area contributed by atoms with Crippen molar-refractivity contribution < 1.29 is 39.0 Å². The average molecular weight is 748 g/mol. The van der Waals surface area contributed by atoms with Crippen LogP contribution in [-0.4, -0.2) is 99.6 Å². The molecule has 0 bridgehead atoms. The third kappa shape index (κ3) is 10.4. The summed E-state index contributed by atoms with van der Waals surface area (Å²) in [5, 5.41) is 36.3. The van der Waals surface area contributed by atoms with E-state index in [1.165, 1.54) is 6.92 Å². The molecule has 2 saturated heterocycles. The van der Waals surface area contributed by atoms with Gasteiger partial charge in [0, 0.05) is 29.9 Å². The number of hydrogen-bond donors (Lipinski definition) is 9. The number of nitrogens with one attached hydrogen (secondary N) is 7. The maximum Gasteiger partial charge on any atom is 0.245 e. The van der Waals surface area contributed by atoms with Crippen LogP contribution >= 0.6 is 0 Å². The number of rotatable bonds is 9. The van der Waals surface area contributed by atoms with Crippen molar-refractivity contribution >= 4 is 46.3 Å². The van der Waals surface area contributed by atoms with Gasteiger partial charge in [-0.05, 0) is 42.9 Å². The summed E-state index contributed by atoms with van der Waals surface area (Å²) in [5.74, 6) is -3.15. The van der Waals surface area contributed by atoms with Gasteiger partial charge in [-0.15, -0.1) is 0 Å². The first kappa shape index (κ1) is 41.5. The summed E-state index contributed by atoms with van der Waals surface area (Å²) < 4.78 is 0. The normalized spacial score (nSPS) is 25.0. The molecule has 15 heteroatoms. The molecule has 0 saturated carbocycles. The van der Waals surface area contributed by atoms with E-state index < -0.39 is 78.5 Å². The van der Waals surface area contributed by atoms with Gasteiger partial charge in [-0.25, -0.2) is 0 Å². The molecule has 2 aromatic carbocycles. The number of aromatic nitrogens is 1. The van der Waals surface area contributed by atoms with Crippen LogP contribution in [0.15, 0.2) is 54.7 Å². The Morgan fingerprint density at radius 3 is 1.78 bits per heavy atom. The molecule has 6 unspecified atom stereocenters. The van der Waals surface area contributed by atoms with E-state index in [1.807, 2.05) is 89.3 Å².